The zero-order chi connectivity index (χ0) is 17.3. The monoisotopic (exact) mass is 356 g/mol. The van der Waals surface area contributed by atoms with Crippen molar-refractivity contribution in [2.24, 2.45) is 0 Å². The first kappa shape index (κ1) is 16.1. The van der Waals surface area contributed by atoms with E-state index in [9.17, 15) is 9.18 Å². The van der Waals surface area contributed by atoms with Gasteiger partial charge in [-0.1, -0.05) is 12.5 Å². The van der Waals surface area contributed by atoms with Crippen molar-refractivity contribution in [2.45, 2.75) is 37.8 Å². The summed E-state index contributed by atoms with van der Waals surface area (Å²) in [5.74, 6) is -0.332. The summed E-state index contributed by atoms with van der Waals surface area (Å²) in [6.07, 6.45) is 4.82. The number of amides is 1. The standard InChI is InChI=1S/C18H17FN4OS/c19-18(6-2-1-3-7-18)17(24)21-16-9-13-8-12(15-10-20-11-25-15)4-5-14(13)22-23-16/h4-5,8-11H,1-3,6-7H2,(H,21,23,24). The lowest BCUT2D eigenvalue weighted by Crippen LogP contribution is -2.40. The van der Waals surface area contributed by atoms with Crippen LogP contribution in [0.5, 0.6) is 0 Å². The van der Waals surface area contributed by atoms with E-state index in [1.54, 1.807) is 29.1 Å². The number of thiazole rings is 1. The first-order chi connectivity index (χ1) is 12.1. The van der Waals surface area contributed by atoms with Gasteiger partial charge in [-0.2, -0.15) is 0 Å². The van der Waals surface area contributed by atoms with Crippen molar-refractivity contribution in [1.29, 1.82) is 0 Å². The molecule has 2 aromatic heterocycles. The summed E-state index contributed by atoms with van der Waals surface area (Å²) in [7, 11) is 0. The molecular formula is C18H17FN4OS. The van der Waals surface area contributed by atoms with Crippen LogP contribution in [0.4, 0.5) is 10.2 Å². The van der Waals surface area contributed by atoms with Gasteiger partial charge in [-0.05, 0) is 49.4 Å². The van der Waals surface area contributed by atoms with Crippen LogP contribution in [-0.2, 0) is 4.79 Å². The van der Waals surface area contributed by atoms with Crippen LogP contribution in [0.25, 0.3) is 21.3 Å². The topological polar surface area (TPSA) is 67.8 Å². The smallest absolute Gasteiger partial charge is 0.263 e. The summed E-state index contributed by atoms with van der Waals surface area (Å²) in [6, 6.07) is 7.54. The Balaban J connectivity index is 1.60. The molecule has 3 aromatic rings. The average molecular weight is 356 g/mol. The summed E-state index contributed by atoms with van der Waals surface area (Å²) < 4.78 is 14.7. The first-order valence-electron chi connectivity index (χ1n) is 8.31. The molecule has 0 saturated heterocycles. The van der Waals surface area contributed by atoms with Gasteiger partial charge in [0.1, 0.15) is 0 Å². The predicted molar refractivity (Wildman–Crippen MR) is 96.2 cm³/mol. The summed E-state index contributed by atoms with van der Waals surface area (Å²) in [5.41, 5.74) is 1.73. The molecule has 128 valence electrons. The van der Waals surface area contributed by atoms with Crippen LogP contribution in [0.1, 0.15) is 32.1 Å². The lowest BCUT2D eigenvalue weighted by atomic mass is 9.86. The van der Waals surface area contributed by atoms with E-state index in [1.807, 2.05) is 18.2 Å². The molecule has 0 atom stereocenters. The number of hydrogen-bond acceptors (Lipinski definition) is 5. The fourth-order valence-corrected chi connectivity index (χ4v) is 3.81. The Kier molecular flexibility index (Phi) is 4.17. The molecule has 0 spiro atoms. The summed E-state index contributed by atoms with van der Waals surface area (Å²) >= 11 is 1.55. The van der Waals surface area contributed by atoms with Crippen molar-refractivity contribution in [1.82, 2.24) is 15.2 Å². The Morgan fingerprint density at radius 1 is 1.16 bits per heavy atom. The molecule has 1 aliphatic carbocycles. The second kappa shape index (κ2) is 6.48. The molecule has 1 fully saturated rings. The largest absolute Gasteiger partial charge is 0.306 e. The maximum absolute atomic E-state index is 14.7. The van der Waals surface area contributed by atoms with Gasteiger partial charge in [-0.3, -0.25) is 9.78 Å². The molecule has 4 rings (SSSR count). The molecule has 5 nitrogen and oxygen atoms in total. The Labute approximate surface area is 148 Å². The minimum atomic E-state index is -1.79. The summed E-state index contributed by atoms with van der Waals surface area (Å²) in [6.45, 7) is 0. The van der Waals surface area contributed by atoms with Crippen LogP contribution < -0.4 is 5.32 Å². The highest BCUT2D eigenvalue weighted by molar-refractivity contribution is 7.13. The van der Waals surface area contributed by atoms with Crippen LogP contribution in [0.2, 0.25) is 0 Å². The molecule has 0 unspecified atom stereocenters. The zero-order valence-corrected chi connectivity index (χ0v) is 14.4. The van der Waals surface area contributed by atoms with E-state index in [4.69, 9.17) is 0 Å². The molecule has 1 saturated carbocycles. The number of fused-ring (bicyclic) bond motifs is 1. The second-order valence-electron chi connectivity index (χ2n) is 6.35. The van der Waals surface area contributed by atoms with Crippen molar-refractivity contribution in [3.63, 3.8) is 0 Å². The Morgan fingerprint density at radius 3 is 2.76 bits per heavy atom. The number of halogens is 1. The number of aromatic nitrogens is 3. The number of anilines is 1. The van der Waals surface area contributed by atoms with E-state index in [0.29, 0.717) is 0 Å². The van der Waals surface area contributed by atoms with Gasteiger partial charge in [0.2, 0.25) is 0 Å². The van der Waals surface area contributed by atoms with Crippen molar-refractivity contribution in [3.8, 4) is 10.4 Å². The minimum absolute atomic E-state index is 0.273. The SMILES string of the molecule is O=C(Nc1cc2cc(-c3cncs3)ccc2nn1)C1(F)CCCCC1. The van der Waals surface area contributed by atoms with Gasteiger partial charge >= 0.3 is 0 Å². The Morgan fingerprint density at radius 2 is 2.00 bits per heavy atom. The second-order valence-corrected chi connectivity index (χ2v) is 7.24. The van der Waals surface area contributed by atoms with E-state index in [-0.39, 0.29) is 18.7 Å². The molecule has 0 aliphatic heterocycles. The molecule has 1 amide bonds. The van der Waals surface area contributed by atoms with Crippen LogP contribution in [0.3, 0.4) is 0 Å². The number of rotatable bonds is 3. The van der Waals surface area contributed by atoms with Crippen LogP contribution in [0.15, 0.2) is 36.0 Å². The number of nitrogens with zero attached hydrogens (tertiary/aromatic N) is 3. The van der Waals surface area contributed by atoms with Crippen molar-refractivity contribution < 1.29 is 9.18 Å². The third-order valence-corrected chi connectivity index (χ3v) is 5.42. The molecular weight excluding hydrogens is 339 g/mol. The molecule has 0 radical (unpaired) electrons. The van der Waals surface area contributed by atoms with Crippen LogP contribution >= 0.6 is 11.3 Å². The van der Waals surface area contributed by atoms with Gasteiger partial charge in [0, 0.05) is 11.6 Å². The van der Waals surface area contributed by atoms with Gasteiger partial charge in [0.25, 0.3) is 5.91 Å². The summed E-state index contributed by atoms with van der Waals surface area (Å²) in [4.78, 5) is 17.5. The summed E-state index contributed by atoms with van der Waals surface area (Å²) in [5, 5.41) is 11.6. The zero-order valence-electron chi connectivity index (χ0n) is 13.5. The van der Waals surface area contributed by atoms with E-state index in [1.165, 1.54) is 0 Å². The molecule has 1 aromatic carbocycles. The minimum Gasteiger partial charge on any atom is -0.306 e. The van der Waals surface area contributed by atoms with E-state index in [2.05, 4.69) is 20.5 Å². The van der Waals surface area contributed by atoms with E-state index in [0.717, 1.165) is 40.6 Å². The average Bonchev–Trinajstić information content (AvgIpc) is 3.16. The van der Waals surface area contributed by atoms with Crippen LogP contribution in [0, 0.1) is 0 Å². The molecule has 0 bridgehead atoms. The number of nitrogens with one attached hydrogen (secondary N) is 1. The van der Waals surface area contributed by atoms with Crippen molar-refractivity contribution in [3.05, 3.63) is 36.0 Å². The van der Waals surface area contributed by atoms with Gasteiger partial charge in [0.05, 0.1) is 15.9 Å². The fourth-order valence-electron chi connectivity index (χ4n) is 3.19. The lowest BCUT2D eigenvalue weighted by molar-refractivity contribution is -0.129. The van der Waals surface area contributed by atoms with Crippen molar-refractivity contribution >= 4 is 34.0 Å². The first-order valence-corrected chi connectivity index (χ1v) is 9.19. The number of carbonyl (C=O) groups is 1. The molecule has 2 heterocycles. The van der Waals surface area contributed by atoms with Crippen molar-refractivity contribution in [2.75, 3.05) is 5.32 Å². The molecule has 1 aliphatic rings. The third kappa shape index (κ3) is 3.24. The fraction of sp³-hybridized carbons (Fsp3) is 0.333. The Bertz CT molecular complexity index is 907. The maximum atomic E-state index is 14.7. The molecule has 7 heteroatoms. The van der Waals surface area contributed by atoms with Gasteiger partial charge in [-0.15, -0.1) is 21.5 Å². The highest BCUT2D eigenvalue weighted by Gasteiger charge is 2.39. The third-order valence-electron chi connectivity index (χ3n) is 4.60. The lowest BCUT2D eigenvalue weighted by Gasteiger charge is -2.27. The number of alkyl halides is 1. The molecule has 25 heavy (non-hydrogen) atoms. The van der Waals surface area contributed by atoms with Crippen LogP contribution in [-0.4, -0.2) is 26.8 Å². The maximum Gasteiger partial charge on any atom is 0.263 e. The van der Waals surface area contributed by atoms with E-state index < -0.39 is 11.6 Å². The number of carbonyl (C=O) groups excluding carboxylic acids is 1. The highest BCUT2D eigenvalue weighted by atomic mass is 32.1. The number of hydrogen-bond donors (Lipinski definition) is 1. The van der Waals surface area contributed by atoms with E-state index >= 15 is 0 Å². The van der Waals surface area contributed by atoms with Gasteiger partial charge in [-0.25, -0.2) is 4.39 Å². The Hall–Kier alpha value is -2.41. The highest BCUT2D eigenvalue weighted by Crippen LogP contribution is 2.33. The predicted octanol–water partition coefficient (Wildman–Crippen LogP) is 4.36. The molecule has 1 N–H and O–H groups in total. The van der Waals surface area contributed by atoms with Gasteiger partial charge < -0.3 is 5.32 Å². The normalized spacial score (nSPS) is 16.7. The number of benzene rings is 1. The van der Waals surface area contributed by atoms with Gasteiger partial charge in [0.15, 0.2) is 11.5 Å². The quantitative estimate of drug-likeness (QED) is 0.757.